The maximum atomic E-state index is 13.2. The van der Waals surface area contributed by atoms with Crippen molar-refractivity contribution in [1.82, 2.24) is 14.5 Å². The van der Waals surface area contributed by atoms with E-state index in [4.69, 9.17) is 21.1 Å². The molecular formula is C27H23ClN4O6. The molecule has 0 spiro atoms. The smallest absolute Gasteiger partial charge is 0.356 e. The fourth-order valence-electron chi connectivity index (χ4n) is 3.41. The number of ether oxygens (including phenoxy) is 3. The Bertz CT molecular complexity index is 1500. The Balaban J connectivity index is 1.58. The molecule has 0 aliphatic carbocycles. The summed E-state index contributed by atoms with van der Waals surface area (Å²) >= 11 is 5.99. The second kappa shape index (κ2) is 12.0. The molecule has 38 heavy (non-hydrogen) atoms. The topological polar surface area (TPSA) is 122 Å². The second-order valence-corrected chi connectivity index (χ2v) is 8.27. The van der Waals surface area contributed by atoms with E-state index in [9.17, 15) is 14.4 Å². The number of aromatic nitrogens is 3. The lowest BCUT2D eigenvalue weighted by molar-refractivity contribution is 0.0522. The third kappa shape index (κ3) is 6.34. The lowest BCUT2D eigenvalue weighted by Gasteiger charge is -2.15. The molecule has 11 heteroatoms. The number of hydrogen-bond acceptors (Lipinski definition) is 9. The normalized spacial score (nSPS) is 10.5. The maximum Gasteiger partial charge on any atom is 0.356 e. The summed E-state index contributed by atoms with van der Waals surface area (Å²) in [7, 11) is 1.28. The summed E-state index contributed by atoms with van der Waals surface area (Å²) < 4.78 is 16.8. The number of methoxy groups -OCH3 is 1. The number of hydrogen-bond donors (Lipinski definition) is 1. The van der Waals surface area contributed by atoms with Crippen molar-refractivity contribution in [3.8, 4) is 11.6 Å². The number of carbonyl (C=O) groups is 2. The van der Waals surface area contributed by atoms with Crippen LogP contribution in [0.15, 0.2) is 77.7 Å². The van der Waals surface area contributed by atoms with Crippen LogP contribution in [0.25, 0.3) is 0 Å². The van der Waals surface area contributed by atoms with Gasteiger partial charge in [0.1, 0.15) is 11.3 Å². The van der Waals surface area contributed by atoms with Crippen LogP contribution in [0.2, 0.25) is 5.02 Å². The van der Waals surface area contributed by atoms with Gasteiger partial charge in [-0.25, -0.2) is 19.6 Å². The van der Waals surface area contributed by atoms with Crippen LogP contribution in [-0.4, -0.2) is 40.2 Å². The van der Waals surface area contributed by atoms with E-state index in [1.165, 1.54) is 23.9 Å². The van der Waals surface area contributed by atoms with E-state index in [1.54, 1.807) is 67.6 Å². The van der Waals surface area contributed by atoms with Crippen molar-refractivity contribution in [2.45, 2.75) is 13.5 Å². The minimum absolute atomic E-state index is 0.124. The molecule has 0 aliphatic rings. The third-order valence-corrected chi connectivity index (χ3v) is 5.50. The zero-order chi connectivity index (χ0) is 27.1. The molecule has 0 fully saturated rings. The monoisotopic (exact) mass is 534 g/mol. The minimum atomic E-state index is -0.743. The van der Waals surface area contributed by atoms with Gasteiger partial charge >= 0.3 is 11.9 Å². The predicted molar refractivity (Wildman–Crippen MR) is 140 cm³/mol. The lowest BCUT2D eigenvalue weighted by Crippen LogP contribution is -2.30. The molecule has 0 radical (unpaired) electrons. The number of benzene rings is 2. The highest BCUT2D eigenvalue weighted by atomic mass is 35.5. The van der Waals surface area contributed by atoms with E-state index in [-0.39, 0.29) is 36.2 Å². The molecule has 2 heterocycles. The van der Waals surface area contributed by atoms with Crippen LogP contribution in [0.1, 0.15) is 33.3 Å². The Kier molecular flexibility index (Phi) is 8.34. The van der Waals surface area contributed by atoms with E-state index in [0.717, 1.165) is 5.56 Å². The first-order valence-corrected chi connectivity index (χ1v) is 11.9. The fraction of sp³-hybridized carbons (Fsp3) is 0.148. The number of nitrogens with zero attached hydrogens (tertiary/aromatic N) is 3. The third-order valence-electron chi connectivity index (χ3n) is 5.25. The molecule has 2 aromatic carbocycles. The maximum absolute atomic E-state index is 13.2. The first kappa shape index (κ1) is 26.4. The number of esters is 2. The molecule has 4 rings (SSSR count). The van der Waals surface area contributed by atoms with Crippen molar-refractivity contribution >= 4 is 35.2 Å². The van der Waals surface area contributed by atoms with Crippen molar-refractivity contribution in [3.63, 3.8) is 0 Å². The number of nitrogens with one attached hydrogen (secondary N) is 1. The van der Waals surface area contributed by atoms with E-state index in [0.29, 0.717) is 16.5 Å². The number of rotatable bonds is 9. The van der Waals surface area contributed by atoms with Gasteiger partial charge in [-0.3, -0.25) is 9.36 Å². The number of anilines is 2. The van der Waals surface area contributed by atoms with Gasteiger partial charge in [-0.15, -0.1) is 0 Å². The van der Waals surface area contributed by atoms with Gasteiger partial charge in [0, 0.05) is 16.8 Å². The predicted octanol–water partition coefficient (Wildman–Crippen LogP) is 4.84. The fourth-order valence-corrected chi connectivity index (χ4v) is 3.53. The zero-order valence-corrected chi connectivity index (χ0v) is 21.3. The van der Waals surface area contributed by atoms with Crippen molar-refractivity contribution in [1.29, 1.82) is 0 Å². The molecule has 0 amide bonds. The molecule has 0 saturated carbocycles. The summed E-state index contributed by atoms with van der Waals surface area (Å²) in [6, 6.07) is 18.6. The van der Waals surface area contributed by atoms with Crippen LogP contribution in [0.4, 0.5) is 11.6 Å². The molecule has 0 aliphatic heterocycles. The molecule has 1 N–H and O–H groups in total. The van der Waals surface area contributed by atoms with Crippen LogP contribution in [-0.2, 0) is 16.0 Å². The summed E-state index contributed by atoms with van der Waals surface area (Å²) in [5.74, 6) is -0.399. The Morgan fingerprint density at radius 1 is 1.00 bits per heavy atom. The summed E-state index contributed by atoms with van der Waals surface area (Å²) in [6.07, 6.45) is 1.19. The molecule has 0 saturated heterocycles. The molecule has 0 unspecified atom stereocenters. The van der Waals surface area contributed by atoms with Crippen LogP contribution in [0.3, 0.4) is 0 Å². The average Bonchev–Trinajstić information content (AvgIpc) is 2.92. The van der Waals surface area contributed by atoms with Gasteiger partial charge in [0.15, 0.2) is 5.69 Å². The summed E-state index contributed by atoms with van der Waals surface area (Å²) in [4.78, 5) is 45.6. The van der Waals surface area contributed by atoms with Crippen LogP contribution < -0.4 is 15.6 Å². The first-order valence-electron chi connectivity index (χ1n) is 11.5. The largest absolute Gasteiger partial charge is 0.464 e. The van der Waals surface area contributed by atoms with E-state index >= 15 is 0 Å². The second-order valence-electron chi connectivity index (χ2n) is 7.84. The Morgan fingerprint density at radius 2 is 1.74 bits per heavy atom. The van der Waals surface area contributed by atoms with Crippen molar-refractivity contribution in [3.05, 3.63) is 105 Å². The van der Waals surface area contributed by atoms with E-state index in [1.807, 2.05) is 0 Å². The Morgan fingerprint density at radius 3 is 2.42 bits per heavy atom. The summed E-state index contributed by atoms with van der Waals surface area (Å²) in [5.41, 5.74) is 0.797. The van der Waals surface area contributed by atoms with Crippen molar-refractivity contribution < 1.29 is 23.8 Å². The van der Waals surface area contributed by atoms with E-state index in [2.05, 4.69) is 20.0 Å². The van der Waals surface area contributed by atoms with Gasteiger partial charge in [0.05, 0.1) is 26.5 Å². The van der Waals surface area contributed by atoms with Gasteiger partial charge in [-0.05, 0) is 55.0 Å². The number of halogens is 1. The average molecular weight is 535 g/mol. The Hall–Kier alpha value is -4.70. The van der Waals surface area contributed by atoms with Gasteiger partial charge in [-0.2, -0.15) is 0 Å². The van der Waals surface area contributed by atoms with Gasteiger partial charge in [0.2, 0.25) is 11.8 Å². The van der Waals surface area contributed by atoms with Gasteiger partial charge in [-0.1, -0.05) is 29.8 Å². The summed E-state index contributed by atoms with van der Waals surface area (Å²) in [5, 5.41) is 3.67. The molecule has 194 valence electrons. The van der Waals surface area contributed by atoms with Crippen LogP contribution in [0.5, 0.6) is 11.6 Å². The van der Waals surface area contributed by atoms with Gasteiger partial charge in [0.25, 0.3) is 5.56 Å². The van der Waals surface area contributed by atoms with Crippen LogP contribution >= 0.6 is 11.6 Å². The lowest BCUT2D eigenvalue weighted by atomic mass is 10.2. The highest BCUT2D eigenvalue weighted by Crippen LogP contribution is 2.23. The quantitative estimate of drug-likeness (QED) is 0.300. The SMILES string of the molecule is CCOC(=O)c1cnc(Nc2ccc(Oc3cccc(C(=O)OC)n3)cc2)n(Cc2ccc(Cl)cc2)c1=O. The van der Waals surface area contributed by atoms with Crippen molar-refractivity contribution in [2.75, 3.05) is 19.0 Å². The number of pyridine rings is 1. The highest BCUT2D eigenvalue weighted by Gasteiger charge is 2.18. The Labute approximate surface area is 222 Å². The zero-order valence-electron chi connectivity index (χ0n) is 20.5. The molecule has 2 aromatic heterocycles. The van der Waals surface area contributed by atoms with Crippen LogP contribution in [0, 0.1) is 0 Å². The number of carbonyl (C=O) groups excluding carboxylic acids is 2. The van der Waals surface area contributed by atoms with E-state index < -0.39 is 17.5 Å². The first-order chi connectivity index (χ1) is 18.4. The van der Waals surface area contributed by atoms with Crippen molar-refractivity contribution in [2.24, 2.45) is 0 Å². The van der Waals surface area contributed by atoms with Gasteiger partial charge < -0.3 is 19.5 Å². The molecule has 10 nitrogen and oxygen atoms in total. The standard InChI is InChI=1S/C27H23ClN4O6/c1-3-37-25(34)21-15-29-27(32(24(21)33)16-17-7-9-18(28)10-8-17)30-19-11-13-20(14-12-19)38-23-6-4-5-22(31-23)26(35)36-2/h4-15H,3,16H2,1-2H3,(H,29,30). The molecule has 4 aromatic rings. The molecule has 0 atom stereocenters. The minimum Gasteiger partial charge on any atom is -0.464 e. The summed E-state index contributed by atoms with van der Waals surface area (Å²) in [6.45, 7) is 1.93. The highest BCUT2D eigenvalue weighted by molar-refractivity contribution is 6.30. The molecule has 0 bridgehead atoms. The molecular weight excluding hydrogens is 512 g/mol.